The fraction of sp³-hybridized carbons (Fsp3) is 0.312. The molecule has 134 valence electrons. The molecule has 1 fully saturated rings. The van der Waals surface area contributed by atoms with Gasteiger partial charge in [0.2, 0.25) is 10.0 Å². The van der Waals surface area contributed by atoms with Crippen LogP contribution in [0.15, 0.2) is 45.9 Å². The third-order valence-corrected chi connectivity index (χ3v) is 6.48. The van der Waals surface area contributed by atoms with Gasteiger partial charge in [-0.05, 0) is 34.1 Å². The van der Waals surface area contributed by atoms with Gasteiger partial charge in [0.25, 0.3) is 0 Å². The molecule has 1 aliphatic rings. The number of aromatic nitrogens is 1. The second-order valence-corrected chi connectivity index (χ2v) is 8.45. The summed E-state index contributed by atoms with van der Waals surface area (Å²) in [7, 11) is -2.04. The number of sulfonamides is 1. The Labute approximate surface area is 155 Å². The van der Waals surface area contributed by atoms with Crippen LogP contribution in [0.4, 0.5) is 11.5 Å². The summed E-state index contributed by atoms with van der Waals surface area (Å²) in [5.74, 6) is 0.791. The molecular weight excluding hydrogens is 408 g/mol. The normalized spacial score (nSPS) is 16.0. The van der Waals surface area contributed by atoms with E-state index in [1.807, 2.05) is 24.3 Å². The number of methoxy groups -OCH3 is 1. The number of nitrogen functional groups attached to an aromatic ring is 1. The Hall–Kier alpha value is -1.84. The number of nitrogens with two attached hydrogens (primary N) is 1. The first-order chi connectivity index (χ1) is 11.9. The van der Waals surface area contributed by atoms with Gasteiger partial charge in [-0.25, -0.2) is 13.4 Å². The van der Waals surface area contributed by atoms with Crippen molar-refractivity contribution in [3.63, 3.8) is 0 Å². The summed E-state index contributed by atoms with van der Waals surface area (Å²) in [6.45, 7) is 1.94. The molecule has 2 heterocycles. The lowest BCUT2D eigenvalue weighted by atomic mass is 10.2. The Morgan fingerprint density at radius 2 is 1.92 bits per heavy atom. The van der Waals surface area contributed by atoms with Gasteiger partial charge in [0.05, 0.1) is 7.11 Å². The van der Waals surface area contributed by atoms with Gasteiger partial charge in [-0.2, -0.15) is 4.31 Å². The first-order valence-electron chi connectivity index (χ1n) is 7.72. The summed E-state index contributed by atoms with van der Waals surface area (Å²) in [4.78, 5) is 6.10. The largest absolute Gasteiger partial charge is 0.497 e. The van der Waals surface area contributed by atoms with Crippen LogP contribution in [0.2, 0.25) is 0 Å². The van der Waals surface area contributed by atoms with Gasteiger partial charge in [0.1, 0.15) is 16.5 Å². The van der Waals surface area contributed by atoms with Crippen LogP contribution in [0.25, 0.3) is 0 Å². The molecule has 7 nitrogen and oxygen atoms in total. The number of nitrogens with zero attached hydrogens (tertiary/aromatic N) is 3. The molecule has 0 atom stereocenters. The zero-order chi connectivity index (χ0) is 18.0. The molecule has 1 saturated heterocycles. The van der Waals surface area contributed by atoms with E-state index >= 15 is 0 Å². The van der Waals surface area contributed by atoms with Gasteiger partial charge in [-0.15, -0.1) is 0 Å². The molecule has 0 spiro atoms. The average Bonchev–Trinajstić information content (AvgIpc) is 2.63. The van der Waals surface area contributed by atoms with E-state index < -0.39 is 10.0 Å². The minimum Gasteiger partial charge on any atom is -0.497 e. The number of hydrogen-bond acceptors (Lipinski definition) is 6. The molecule has 0 bridgehead atoms. The number of hydrogen-bond donors (Lipinski definition) is 1. The maximum atomic E-state index is 12.9. The van der Waals surface area contributed by atoms with Gasteiger partial charge in [-0.3, -0.25) is 0 Å². The minimum absolute atomic E-state index is 0.0124. The van der Waals surface area contributed by atoms with Gasteiger partial charge >= 0.3 is 0 Å². The second-order valence-electron chi connectivity index (χ2n) is 5.63. The highest BCUT2D eigenvalue weighted by Crippen LogP contribution is 2.27. The lowest BCUT2D eigenvalue weighted by molar-refractivity contribution is 0.384. The monoisotopic (exact) mass is 426 g/mol. The van der Waals surface area contributed by atoms with Gasteiger partial charge in [0, 0.05) is 48.6 Å². The summed E-state index contributed by atoms with van der Waals surface area (Å²) < 4.78 is 33.0. The van der Waals surface area contributed by atoms with Crippen molar-refractivity contribution >= 4 is 37.5 Å². The van der Waals surface area contributed by atoms with E-state index in [0.29, 0.717) is 30.7 Å². The van der Waals surface area contributed by atoms with Gasteiger partial charge in [0.15, 0.2) is 0 Å². The Bertz CT molecular complexity index is 867. The zero-order valence-electron chi connectivity index (χ0n) is 13.7. The van der Waals surface area contributed by atoms with E-state index in [9.17, 15) is 8.42 Å². The van der Waals surface area contributed by atoms with Crippen LogP contribution in [0.1, 0.15) is 0 Å². The van der Waals surface area contributed by atoms with E-state index in [4.69, 9.17) is 10.5 Å². The van der Waals surface area contributed by atoms with Crippen molar-refractivity contribution in [2.75, 3.05) is 43.9 Å². The molecule has 0 unspecified atom stereocenters. The predicted molar refractivity (Wildman–Crippen MR) is 100 cm³/mol. The Morgan fingerprint density at radius 1 is 1.20 bits per heavy atom. The number of halogens is 1. The maximum Gasteiger partial charge on any atom is 0.246 e. The Morgan fingerprint density at radius 3 is 2.60 bits per heavy atom. The summed E-state index contributed by atoms with van der Waals surface area (Å²) >= 11 is 3.25. The molecule has 3 rings (SSSR count). The van der Waals surface area contributed by atoms with Gasteiger partial charge < -0.3 is 15.4 Å². The number of ether oxygens (including phenoxy) is 1. The van der Waals surface area contributed by atoms with Crippen molar-refractivity contribution in [1.82, 2.24) is 9.29 Å². The van der Waals surface area contributed by atoms with Crippen molar-refractivity contribution in [2.24, 2.45) is 0 Å². The predicted octanol–water partition coefficient (Wildman–Crippen LogP) is 1.95. The average molecular weight is 427 g/mol. The molecule has 1 aromatic carbocycles. The molecule has 0 radical (unpaired) electrons. The van der Waals surface area contributed by atoms with Crippen LogP contribution >= 0.6 is 15.9 Å². The van der Waals surface area contributed by atoms with Crippen molar-refractivity contribution in [3.05, 3.63) is 41.0 Å². The first-order valence-corrected chi connectivity index (χ1v) is 9.95. The molecule has 2 N–H and O–H groups in total. The van der Waals surface area contributed by atoms with Crippen LogP contribution in [-0.4, -0.2) is 51.0 Å². The Kier molecular flexibility index (Phi) is 5.16. The van der Waals surface area contributed by atoms with Crippen LogP contribution < -0.4 is 15.4 Å². The highest BCUT2D eigenvalue weighted by molar-refractivity contribution is 9.10. The summed E-state index contributed by atoms with van der Waals surface area (Å²) in [5, 5.41) is 0. The van der Waals surface area contributed by atoms with Crippen molar-refractivity contribution < 1.29 is 13.2 Å². The van der Waals surface area contributed by atoms with Crippen molar-refractivity contribution in [3.8, 4) is 5.75 Å². The smallest absolute Gasteiger partial charge is 0.246 e. The molecule has 9 heteroatoms. The number of benzene rings is 1. The van der Waals surface area contributed by atoms with Crippen molar-refractivity contribution in [1.29, 1.82) is 0 Å². The SMILES string of the molecule is COc1cccc(N2CCN(S(=O)(=O)c3cc(Br)cnc3N)CC2)c1. The number of piperazine rings is 1. The van der Waals surface area contributed by atoms with E-state index in [2.05, 4.69) is 25.8 Å². The lowest BCUT2D eigenvalue weighted by Crippen LogP contribution is -2.48. The fourth-order valence-electron chi connectivity index (χ4n) is 2.77. The molecular formula is C16H19BrN4O3S. The van der Waals surface area contributed by atoms with Crippen LogP contribution in [0, 0.1) is 0 Å². The van der Waals surface area contributed by atoms with Crippen LogP contribution in [0.5, 0.6) is 5.75 Å². The standard InChI is InChI=1S/C16H19BrN4O3S/c1-24-14-4-2-3-13(10-14)20-5-7-21(8-6-20)25(22,23)15-9-12(17)11-19-16(15)18/h2-4,9-11H,5-8H2,1H3,(H2,18,19). The maximum absolute atomic E-state index is 12.9. The highest BCUT2D eigenvalue weighted by Gasteiger charge is 2.30. The third-order valence-electron chi connectivity index (χ3n) is 4.12. The van der Waals surface area contributed by atoms with Gasteiger partial charge in [-0.1, -0.05) is 6.07 Å². The molecule has 1 aromatic heterocycles. The quantitative estimate of drug-likeness (QED) is 0.803. The van der Waals surface area contributed by atoms with E-state index in [0.717, 1.165) is 11.4 Å². The second kappa shape index (κ2) is 7.19. The fourth-order valence-corrected chi connectivity index (χ4v) is 4.77. The number of pyridine rings is 1. The van der Waals surface area contributed by atoms with Crippen LogP contribution in [0.3, 0.4) is 0 Å². The number of anilines is 2. The number of rotatable bonds is 4. The molecule has 0 saturated carbocycles. The topological polar surface area (TPSA) is 88.8 Å². The highest BCUT2D eigenvalue weighted by atomic mass is 79.9. The van der Waals surface area contributed by atoms with E-state index in [1.165, 1.54) is 16.6 Å². The zero-order valence-corrected chi connectivity index (χ0v) is 16.1. The lowest BCUT2D eigenvalue weighted by Gasteiger charge is -2.35. The van der Waals surface area contributed by atoms with E-state index in [-0.39, 0.29) is 10.7 Å². The Balaban J connectivity index is 1.76. The summed E-state index contributed by atoms with van der Waals surface area (Å²) in [5.41, 5.74) is 6.78. The van der Waals surface area contributed by atoms with Crippen LogP contribution in [-0.2, 0) is 10.0 Å². The molecule has 1 aliphatic heterocycles. The third kappa shape index (κ3) is 3.73. The summed E-state index contributed by atoms with van der Waals surface area (Å²) in [6, 6.07) is 9.23. The molecule has 25 heavy (non-hydrogen) atoms. The molecule has 2 aromatic rings. The van der Waals surface area contributed by atoms with Crippen molar-refractivity contribution in [2.45, 2.75) is 4.90 Å². The first kappa shape index (κ1) is 18.0. The summed E-state index contributed by atoms with van der Waals surface area (Å²) in [6.07, 6.45) is 1.48. The molecule has 0 aliphatic carbocycles. The van der Waals surface area contributed by atoms with E-state index in [1.54, 1.807) is 7.11 Å². The molecule has 0 amide bonds. The minimum atomic E-state index is -3.67.